The smallest absolute Gasteiger partial charge is 0.315 e. The Labute approximate surface area is 145 Å². The van der Waals surface area contributed by atoms with Gasteiger partial charge in [0.15, 0.2) is 0 Å². The molecule has 0 aromatic heterocycles. The number of ether oxygens (including phenoxy) is 1. The van der Waals surface area contributed by atoms with E-state index in [-0.39, 0.29) is 24.0 Å². The van der Waals surface area contributed by atoms with Gasteiger partial charge in [0.25, 0.3) is 0 Å². The Morgan fingerprint density at radius 2 is 2.29 bits per heavy atom. The molecule has 2 heterocycles. The Morgan fingerprint density at radius 3 is 3.12 bits per heavy atom. The van der Waals surface area contributed by atoms with Gasteiger partial charge in [0.1, 0.15) is 0 Å². The molecule has 2 rings (SSSR count). The third kappa shape index (κ3) is 6.10. The molecule has 2 aliphatic heterocycles. The fourth-order valence-corrected chi connectivity index (χ4v) is 4.42. The van der Waals surface area contributed by atoms with Crippen LogP contribution in [0.4, 0.5) is 4.79 Å². The standard InChI is InChI=1S/C14H24N6O3S/c15-20-17-6-8-23-7-5-16-12(21)4-2-1-3-11-13-10(9-24-11)18-14(22)19-13/h10-11,13H,1-9H2,(H,16,21)(H2,18,19,22)/t10-,11-,13-/m0/s1. The van der Waals surface area contributed by atoms with Gasteiger partial charge in [-0.25, -0.2) is 4.79 Å². The molecule has 0 aromatic carbocycles. The van der Waals surface area contributed by atoms with E-state index in [1.54, 1.807) is 0 Å². The van der Waals surface area contributed by atoms with Crippen molar-refractivity contribution in [3.05, 3.63) is 10.4 Å². The Balaban J connectivity index is 1.45. The quantitative estimate of drug-likeness (QED) is 0.169. The van der Waals surface area contributed by atoms with Crippen LogP contribution in [0.2, 0.25) is 0 Å². The van der Waals surface area contributed by atoms with Gasteiger partial charge >= 0.3 is 6.03 Å². The molecular formula is C14H24N6O3S. The fourth-order valence-electron chi connectivity index (χ4n) is 2.88. The molecule has 0 saturated carbocycles. The van der Waals surface area contributed by atoms with Crippen molar-refractivity contribution in [3.63, 3.8) is 0 Å². The third-order valence-corrected chi connectivity index (χ3v) is 5.56. The molecule has 0 radical (unpaired) electrons. The van der Waals surface area contributed by atoms with E-state index in [9.17, 15) is 9.59 Å². The van der Waals surface area contributed by atoms with Crippen LogP contribution in [0, 0.1) is 0 Å². The second-order valence-corrected chi connectivity index (χ2v) is 7.06. The molecule has 2 saturated heterocycles. The Bertz CT molecular complexity index is 485. The number of carbonyl (C=O) groups is 2. The normalized spacial score (nSPS) is 24.7. The van der Waals surface area contributed by atoms with Gasteiger partial charge in [-0.15, -0.1) is 0 Å². The topological polar surface area (TPSA) is 128 Å². The SMILES string of the molecule is [N-]=[N+]=NCCOCCNC(=O)CCCC[C@@H]1SC[C@@H]2NC(=O)N[C@@H]21. The lowest BCUT2D eigenvalue weighted by atomic mass is 10.0. The Kier molecular flexibility index (Phi) is 8.00. The second-order valence-electron chi connectivity index (χ2n) is 5.78. The molecular weight excluding hydrogens is 332 g/mol. The molecule has 134 valence electrons. The van der Waals surface area contributed by atoms with Crippen LogP contribution in [0.3, 0.4) is 0 Å². The van der Waals surface area contributed by atoms with Crippen molar-refractivity contribution in [2.75, 3.05) is 32.1 Å². The highest BCUT2D eigenvalue weighted by molar-refractivity contribution is 8.00. The van der Waals surface area contributed by atoms with E-state index in [2.05, 4.69) is 26.0 Å². The molecule has 0 unspecified atom stereocenters. The molecule has 10 heteroatoms. The van der Waals surface area contributed by atoms with Crippen LogP contribution in [-0.4, -0.2) is 61.3 Å². The van der Waals surface area contributed by atoms with E-state index >= 15 is 0 Å². The number of amides is 3. The van der Waals surface area contributed by atoms with Crippen LogP contribution in [0.25, 0.3) is 10.4 Å². The minimum Gasteiger partial charge on any atom is -0.379 e. The first kappa shape index (κ1) is 18.7. The van der Waals surface area contributed by atoms with Crippen molar-refractivity contribution in [1.29, 1.82) is 0 Å². The lowest BCUT2D eigenvalue weighted by Crippen LogP contribution is -2.36. The lowest BCUT2D eigenvalue weighted by Gasteiger charge is -2.16. The van der Waals surface area contributed by atoms with Crippen LogP contribution in [0.1, 0.15) is 25.7 Å². The summed E-state index contributed by atoms with van der Waals surface area (Å²) in [5.41, 5.74) is 8.09. The number of fused-ring (bicyclic) bond motifs is 1. The highest BCUT2D eigenvalue weighted by Gasteiger charge is 2.42. The third-order valence-electron chi connectivity index (χ3n) is 4.05. The number of unbranched alkanes of at least 4 members (excludes halogenated alkanes) is 1. The van der Waals surface area contributed by atoms with E-state index in [1.165, 1.54) is 0 Å². The summed E-state index contributed by atoms with van der Waals surface area (Å²) in [6.45, 7) is 1.56. The molecule has 3 amide bonds. The predicted octanol–water partition coefficient (Wildman–Crippen LogP) is 1.16. The maximum absolute atomic E-state index is 11.7. The number of hydrogen-bond donors (Lipinski definition) is 3. The molecule has 3 N–H and O–H groups in total. The minimum atomic E-state index is -0.0590. The maximum atomic E-state index is 11.7. The monoisotopic (exact) mass is 356 g/mol. The van der Waals surface area contributed by atoms with Crippen LogP contribution < -0.4 is 16.0 Å². The summed E-state index contributed by atoms with van der Waals surface area (Å²) in [5, 5.41) is 12.5. The van der Waals surface area contributed by atoms with Crippen molar-refractivity contribution in [3.8, 4) is 0 Å². The zero-order chi connectivity index (χ0) is 17.2. The molecule has 0 aliphatic carbocycles. The van der Waals surface area contributed by atoms with Gasteiger partial charge in [0.2, 0.25) is 5.91 Å². The van der Waals surface area contributed by atoms with Crippen molar-refractivity contribution < 1.29 is 14.3 Å². The number of thioether (sulfide) groups is 1. The summed E-state index contributed by atoms with van der Waals surface area (Å²) < 4.78 is 5.21. The predicted molar refractivity (Wildman–Crippen MR) is 91.8 cm³/mol. The summed E-state index contributed by atoms with van der Waals surface area (Å²) in [7, 11) is 0. The highest BCUT2D eigenvalue weighted by Crippen LogP contribution is 2.33. The van der Waals surface area contributed by atoms with Gasteiger partial charge < -0.3 is 20.7 Å². The molecule has 9 nitrogen and oxygen atoms in total. The van der Waals surface area contributed by atoms with Crippen molar-refractivity contribution in [2.45, 2.75) is 43.0 Å². The van der Waals surface area contributed by atoms with Gasteiger partial charge in [-0.3, -0.25) is 4.79 Å². The van der Waals surface area contributed by atoms with Gasteiger partial charge in [0, 0.05) is 35.4 Å². The summed E-state index contributed by atoms with van der Waals surface area (Å²) in [6, 6.07) is 0.435. The van der Waals surface area contributed by atoms with Crippen LogP contribution in [-0.2, 0) is 9.53 Å². The summed E-state index contributed by atoms with van der Waals surface area (Å²) >= 11 is 1.90. The average Bonchev–Trinajstić information content (AvgIpc) is 3.10. The van der Waals surface area contributed by atoms with Crippen LogP contribution in [0.15, 0.2) is 5.11 Å². The molecule has 0 bridgehead atoms. The van der Waals surface area contributed by atoms with E-state index in [4.69, 9.17) is 10.3 Å². The van der Waals surface area contributed by atoms with Gasteiger partial charge in [-0.1, -0.05) is 11.5 Å². The van der Waals surface area contributed by atoms with Crippen LogP contribution >= 0.6 is 11.8 Å². The zero-order valence-electron chi connectivity index (χ0n) is 13.6. The average molecular weight is 356 g/mol. The number of azide groups is 1. The highest BCUT2D eigenvalue weighted by atomic mass is 32.2. The lowest BCUT2D eigenvalue weighted by molar-refractivity contribution is -0.121. The molecule has 2 aliphatic rings. The molecule has 3 atom stereocenters. The van der Waals surface area contributed by atoms with Gasteiger partial charge in [-0.05, 0) is 18.4 Å². The van der Waals surface area contributed by atoms with Crippen LogP contribution in [0.5, 0.6) is 0 Å². The number of hydrogen-bond acceptors (Lipinski definition) is 5. The van der Waals surface area contributed by atoms with E-state index in [1.807, 2.05) is 11.8 Å². The number of nitrogens with one attached hydrogen (secondary N) is 3. The van der Waals surface area contributed by atoms with E-state index in [0.717, 1.165) is 25.0 Å². The Morgan fingerprint density at radius 1 is 1.42 bits per heavy atom. The number of urea groups is 1. The summed E-state index contributed by atoms with van der Waals surface area (Å²) in [5.74, 6) is 0.996. The van der Waals surface area contributed by atoms with Crippen molar-refractivity contribution in [2.24, 2.45) is 5.11 Å². The number of rotatable bonds is 11. The largest absolute Gasteiger partial charge is 0.379 e. The minimum absolute atomic E-state index is 0.0291. The molecule has 24 heavy (non-hydrogen) atoms. The molecule has 0 aromatic rings. The molecule has 2 fully saturated rings. The second kappa shape index (κ2) is 10.3. The molecule has 0 spiro atoms. The van der Waals surface area contributed by atoms with E-state index in [0.29, 0.717) is 38.0 Å². The maximum Gasteiger partial charge on any atom is 0.315 e. The first-order valence-corrected chi connectivity index (χ1v) is 9.29. The number of nitrogens with zero attached hydrogens (tertiary/aromatic N) is 3. The zero-order valence-corrected chi connectivity index (χ0v) is 14.4. The first-order valence-electron chi connectivity index (χ1n) is 8.24. The van der Waals surface area contributed by atoms with Gasteiger partial charge in [-0.2, -0.15) is 11.8 Å². The van der Waals surface area contributed by atoms with Crippen molar-refractivity contribution in [1.82, 2.24) is 16.0 Å². The fraction of sp³-hybridized carbons (Fsp3) is 0.857. The number of carbonyl (C=O) groups excluding carboxylic acids is 2. The summed E-state index contributed by atoms with van der Waals surface area (Å²) in [4.78, 5) is 25.6. The van der Waals surface area contributed by atoms with Gasteiger partial charge in [0.05, 0.1) is 25.3 Å². The van der Waals surface area contributed by atoms with E-state index < -0.39 is 0 Å². The Hall–Kier alpha value is -1.64. The van der Waals surface area contributed by atoms with Crippen molar-refractivity contribution >= 4 is 23.7 Å². The first-order chi connectivity index (χ1) is 11.7. The summed E-state index contributed by atoms with van der Waals surface area (Å²) in [6.07, 6.45) is 3.35.